The summed E-state index contributed by atoms with van der Waals surface area (Å²) in [6.45, 7) is 7.45. The summed E-state index contributed by atoms with van der Waals surface area (Å²) in [6.07, 6.45) is 1.92. The van der Waals surface area contributed by atoms with Gasteiger partial charge in [-0.05, 0) is 12.3 Å². The zero-order valence-electron chi connectivity index (χ0n) is 8.97. The van der Waals surface area contributed by atoms with Gasteiger partial charge in [0.05, 0.1) is 0 Å². The lowest BCUT2D eigenvalue weighted by atomic mass is 10.1. The molecule has 2 atom stereocenters. The fraction of sp³-hybridized carbons (Fsp3) is 0.900. The number of rotatable bonds is 6. The Morgan fingerprint density at radius 2 is 2.00 bits per heavy atom. The van der Waals surface area contributed by atoms with Crippen LogP contribution in [0.15, 0.2) is 0 Å². The molecule has 3 heteroatoms. The normalized spacial score (nSPS) is 15.1. The van der Waals surface area contributed by atoms with Crippen LogP contribution in [0.25, 0.3) is 0 Å². The summed E-state index contributed by atoms with van der Waals surface area (Å²) >= 11 is 0. The van der Waals surface area contributed by atoms with Crippen molar-refractivity contribution in [1.82, 2.24) is 5.32 Å². The number of nitrogens with two attached hydrogens (primary N) is 1. The van der Waals surface area contributed by atoms with Crippen molar-refractivity contribution in [2.75, 3.05) is 13.1 Å². The van der Waals surface area contributed by atoms with Crippen molar-refractivity contribution in [2.24, 2.45) is 17.6 Å². The topological polar surface area (TPSA) is 55.1 Å². The lowest BCUT2D eigenvalue weighted by Crippen LogP contribution is -2.36. The zero-order valence-corrected chi connectivity index (χ0v) is 8.97. The first-order chi connectivity index (χ1) is 6.15. The largest absolute Gasteiger partial charge is 0.356 e. The van der Waals surface area contributed by atoms with Crippen LogP contribution in [0.4, 0.5) is 0 Å². The first-order valence-electron chi connectivity index (χ1n) is 5.13. The average molecular weight is 186 g/mol. The molecule has 0 radical (unpaired) electrons. The minimum atomic E-state index is -0.0101. The fourth-order valence-corrected chi connectivity index (χ4v) is 1.02. The number of amides is 1. The molecule has 1 amide bonds. The van der Waals surface area contributed by atoms with Crippen molar-refractivity contribution >= 4 is 5.91 Å². The van der Waals surface area contributed by atoms with E-state index in [0.717, 1.165) is 19.4 Å². The van der Waals surface area contributed by atoms with E-state index >= 15 is 0 Å². The number of carbonyl (C=O) groups is 1. The molecule has 0 aromatic carbocycles. The van der Waals surface area contributed by atoms with Gasteiger partial charge in [-0.2, -0.15) is 0 Å². The quantitative estimate of drug-likeness (QED) is 0.653. The van der Waals surface area contributed by atoms with Crippen LogP contribution < -0.4 is 11.1 Å². The predicted octanol–water partition coefficient (Wildman–Crippen LogP) is 1.13. The van der Waals surface area contributed by atoms with E-state index in [0.29, 0.717) is 12.5 Å². The van der Waals surface area contributed by atoms with Crippen LogP contribution in [0.3, 0.4) is 0 Å². The van der Waals surface area contributed by atoms with Crippen molar-refractivity contribution < 1.29 is 4.79 Å². The minimum Gasteiger partial charge on any atom is -0.356 e. The molecule has 0 saturated heterocycles. The molecule has 0 saturated carbocycles. The summed E-state index contributed by atoms with van der Waals surface area (Å²) in [7, 11) is 0. The lowest BCUT2D eigenvalue weighted by Gasteiger charge is -2.15. The first kappa shape index (κ1) is 12.4. The third kappa shape index (κ3) is 4.88. The second-order valence-corrected chi connectivity index (χ2v) is 3.60. The van der Waals surface area contributed by atoms with Gasteiger partial charge < -0.3 is 11.1 Å². The highest BCUT2D eigenvalue weighted by Gasteiger charge is 2.14. The van der Waals surface area contributed by atoms with E-state index in [4.69, 9.17) is 5.73 Å². The Kier molecular flexibility index (Phi) is 6.59. The number of hydrogen-bond acceptors (Lipinski definition) is 2. The summed E-state index contributed by atoms with van der Waals surface area (Å²) in [5.74, 6) is 0.647. The summed E-state index contributed by atoms with van der Waals surface area (Å²) in [4.78, 5) is 11.4. The Labute approximate surface area is 81.1 Å². The monoisotopic (exact) mass is 186 g/mol. The average Bonchev–Trinajstić information content (AvgIpc) is 2.16. The molecule has 0 aromatic heterocycles. The van der Waals surface area contributed by atoms with E-state index in [2.05, 4.69) is 19.2 Å². The number of nitrogens with one attached hydrogen (secondary N) is 1. The SMILES string of the molecule is CCC(C)CNC(=O)C(CC)CN. The van der Waals surface area contributed by atoms with E-state index in [9.17, 15) is 4.79 Å². The van der Waals surface area contributed by atoms with Crippen LogP contribution in [-0.4, -0.2) is 19.0 Å². The molecular weight excluding hydrogens is 164 g/mol. The summed E-state index contributed by atoms with van der Waals surface area (Å²) in [6, 6.07) is 0. The molecule has 78 valence electrons. The number of carbonyl (C=O) groups excluding carboxylic acids is 1. The molecule has 0 spiro atoms. The molecule has 0 aliphatic carbocycles. The van der Waals surface area contributed by atoms with Gasteiger partial charge in [-0.15, -0.1) is 0 Å². The first-order valence-corrected chi connectivity index (χ1v) is 5.13. The van der Waals surface area contributed by atoms with Gasteiger partial charge in [0.15, 0.2) is 0 Å². The second-order valence-electron chi connectivity index (χ2n) is 3.60. The van der Waals surface area contributed by atoms with Gasteiger partial charge in [0, 0.05) is 19.0 Å². The summed E-state index contributed by atoms with van der Waals surface area (Å²) in [5.41, 5.74) is 5.46. The highest BCUT2D eigenvalue weighted by molar-refractivity contribution is 5.78. The van der Waals surface area contributed by atoms with E-state index in [-0.39, 0.29) is 11.8 Å². The van der Waals surface area contributed by atoms with Crippen LogP contribution in [0.2, 0.25) is 0 Å². The molecule has 3 nitrogen and oxygen atoms in total. The Bertz CT molecular complexity index is 144. The highest BCUT2D eigenvalue weighted by atomic mass is 16.1. The maximum Gasteiger partial charge on any atom is 0.224 e. The van der Waals surface area contributed by atoms with Crippen LogP contribution in [0.1, 0.15) is 33.6 Å². The molecule has 0 aliphatic heterocycles. The van der Waals surface area contributed by atoms with Crippen molar-refractivity contribution in [3.63, 3.8) is 0 Å². The second kappa shape index (κ2) is 6.89. The number of hydrogen-bond donors (Lipinski definition) is 2. The highest BCUT2D eigenvalue weighted by Crippen LogP contribution is 2.02. The summed E-state index contributed by atoms with van der Waals surface area (Å²) < 4.78 is 0. The van der Waals surface area contributed by atoms with Crippen LogP contribution in [0, 0.1) is 11.8 Å². The molecule has 0 aromatic rings. The smallest absolute Gasteiger partial charge is 0.224 e. The molecular formula is C10H22N2O. The third-order valence-corrected chi connectivity index (χ3v) is 2.47. The Morgan fingerprint density at radius 3 is 2.38 bits per heavy atom. The van der Waals surface area contributed by atoms with Gasteiger partial charge in [-0.1, -0.05) is 27.2 Å². The van der Waals surface area contributed by atoms with Crippen molar-refractivity contribution in [3.05, 3.63) is 0 Å². The fourth-order valence-electron chi connectivity index (χ4n) is 1.02. The van der Waals surface area contributed by atoms with Crippen LogP contribution in [0.5, 0.6) is 0 Å². The van der Waals surface area contributed by atoms with E-state index in [1.54, 1.807) is 0 Å². The molecule has 0 heterocycles. The molecule has 13 heavy (non-hydrogen) atoms. The molecule has 2 unspecified atom stereocenters. The molecule has 0 aliphatic rings. The maximum absolute atomic E-state index is 11.4. The van der Waals surface area contributed by atoms with E-state index < -0.39 is 0 Å². The Morgan fingerprint density at radius 1 is 1.38 bits per heavy atom. The lowest BCUT2D eigenvalue weighted by molar-refractivity contribution is -0.124. The zero-order chi connectivity index (χ0) is 10.3. The summed E-state index contributed by atoms with van der Waals surface area (Å²) in [5, 5.41) is 2.92. The molecule has 0 fully saturated rings. The van der Waals surface area contributed by atoms with Crippen LogP contribution >= 0.6 is 0 Å². The Balaban J connectivity index is 3.72. The standard InChI is InChI=1S/C10H22N2O/c1-4-8(3)7-12-10(13)9(5-2)6-11/h8-9H,4-7,11H2,1-3H3,(H,12,13). The van der Waals surface area contributed by atoms with Gasteiger partial charge in [0.2, 0.25) is 5.91 Å². The van der Waals surface area contributed by atoms with Crippen molar-refractivity contribution in [2.45, 2.75) is 33.6 Å². The van der Waals surface area contributed by atoms with Crippen molar-refractivity contribution in [3.8, 4) is 0 Å². The third-order valence-electron chi connectivity index (χ3n) is 2.47. The minimum absolute atomic E-state index is 0.0101. The van der Waals surface area contributed by atoms with E-state index in [1.807, 2.05) is 6.92 Å². The Hall–Kier alpha value is -0.570. The van der Waals surface area contributed by atoms with Gasteiger partial charge in [0.25, 0.3) is 0 Å². The van der Waals surface area contributed by atoms with E-state index in [1.165, 1.54) is 0 Å². The molecule has 0 bridgehead atoms. The van der Waals surface area contributed by atoms with Gasteiger partial charge >= 0.3 is 0 Å². The molecule has 0 rings (SSSR count). The predicted molar refractivity (Wildman–Crippen MR) is 55.3 cm³/mol. The van der Waals surface area contributed by atoms with Gasteiger partial charge in [-0.3, -0.25) is 4.79 Å². The molecule has 3 N–H and O–H groups in total. The van der Waals surface area contributed by atoms with Gasteiger partial charge in [-0.25, -0.2) is 0 Å². The maximum atomic E-state index is 11.4. The van der Waals surface area contributed by atoms with Crippen molar-refractivity contribution in [1.29, 1.82) is 0 Å². The van der Waals surface area contributed by atoms with Crippen LogP contribution in [-0.2, 0) is 4.79 Å². The van der Waals surface area contributed by atoms with Gasteiger partial charge in [0.1, 0.15) is 0 Å².